The summed E-state index contributed by atoms with van der Waals surface area (Å²) in [6.07, 6.45) is 1.73. The average molecular weight is 252 g/mol. The van der Waals surface area contributed by atoms with Crippen LogP contribution in [0.5, 0.6) is 0 Å². The van der Waals surface area contributed by atoms with Crippen molar-refractivity contribution >= 4 is 6.09 Å². The third kappa shape index (κ3) is 2.70. The minimum Gasteiger partial charge on any atom is -0.444 e. The zero-order valence-corrected chi connectivity index (χ0v) is 11.2. The molecule has 1 saturated heterocycles. The van der Waals surface area contributed by atoms with Crippen LogP contribution in [0.2, 0.25) is 0 Å². The highest BCUT2D eigenvalue weighted by atomic mass is 16.6. The fourth-order valence-electron chi connectivity index (χ4n) is 2.92. The summed E-state index contributed by atoms with van der Waals surface area (Å²) < 4.78 is 5.37. The van der Waals surface area contributed by atoms with Crippen LogP contribution < -0.4 is 0 Å². The molecule has 18 heavy (non-hydrogen) atoms. The van der Waals surface area contributed by atoms with E-state index in [9.17, 15) is 4.79 Å². The maximum Gasteiger partial charge on any atom is 0.410 e. The maximum absolute atomic E-state index is 12.0. The van der Waals surface area contributed by atoms with Gasteiger partial charge in [-0.2, -0.15) is 0 Å². The molecule has 1 heterocycles. The SMILES string of the molecule is CC(C)(C)OC(=O)N1C[C@H]2CC[C@H](N=[N+]=[N-])[C@H]2C1. The Morgan fingerprint density at radius 3 is 2.72 bits per heavy atom. The highest BCUT2D eigenvalue weighted by Gasteiger charge is 2.44. The molecule has 0 unspecified atom stereocenters. The molecule has 1 aliphatic carbocycles. The van der Waals surface area contributed by atoms with Crippen LogP contribution in [-0.4, -0.2) is 35.7 Å². The number of ether oxygens (including phenoxy) is 1. The van der Waals surface area contributed by atoms with E-state index in [2.05, 4.69) is 10.0 Å². The van der Waals surface area contributed by atoms with E-state index in [-0.39, 0.29) is 12.1 Å². The number of carbonyl (C=O) groups is 1. The van der Waals surface area contributed by atoms with E-state index in [0.29, 0.717) is 18.4 Å². The van der Waals surface area contributed by atoms with Crippen LogP contribution in [0.4, 0.5) is 4.79 Å². The molecule has 100 valence electrons. The van der Waals surface area contributed by atoms with Crippen molar-refractivity contribution in [1.82, 2.24) is 4.90 Å². The van der Waals surface area contributed by atoms with Gasteiger partial charge in [-0.1, -0.05) is 5.11 Å². The second-order valence-corrected chi connectivity index (χ2v) is 6.16. The number of fused-ring (bicyclic) bond motifs is 1. The maximum atomic E-state index is 12.0. The topological polar surface area (TPSA) is 78.3 Å². The molecule has 6 nitrogen and oxygen atoms in total. The van der Waals surface area contributed by atoms with Gasteiger partial charge in [-0.25, -0.2) is 4.79 Å². The molecule has 3 atom stereocenters. The van der Waals surface area contributed by atoms with Crippen molar-refractivity contribution in [3.63, 3.8) is 0 Å². The van der Waals surface area contributed by atoms with Gasteiger partial charge >= 0.3 is 6.09 Å². The van der Waals surface area contributed by atoms with E-state index in [1.165, 1.54) is 0 Å². The number of carbonyl (C=O) groups excluding carboxylic acids is 1. The zero-order chi connectivity index (χ0) is 13.3. The first-order valence-electron chi connectivity index (χ1n) is 6.43. The third-order valence-corrected chi connectivity index (χ3v) is 3.67. The average Bonchev–Trinajstić information content (AvgIpc) is 2.77. The Balaban J connectivity index is 1.96. The van der Waals surface area contributed by atoms with Crippen LogP contribution in [-0.2, 0) is 4.74 Å². The molecule has 1 saturated carbocycles. The third-order valence-electron chi connectivity index (χ3n) is 3.67. The Bertz CT molecular complexity index is 384. The number of hydrogen-bond acceptors (Lipinski definition) is 3. The summed E-state index contributed by atoms with van der Waals surface area (Å²) in [5.41, 5.74) is 8.07. The van der Waals surface area contributed by atoms with Crippen LogP contribution in [0.25, 0.3) is 10.4 Å². The van der Waals surface area contributed by atoms with E-state index in [1.807, 2.05) is 20.8 Å². The molecular weight excluding hydrogens is 232 g/mol. The van der Waals surface area contributed by atoms with Crippen LogP contribution in [0, 0.1) is 11.8 Å². The highest BCUT2D eigenvalue weighted by Crippen LogP contribution is 2.40. The standard InChI is InChI=1S/C12H20N4O2/c1-12(2,3)18-11(17)16-6-8-4-5-10(14-15-13)9(8)7-16/h8-10H,4-7H2,1-3H3/t8-,9+,10+/m1/s1. The summed E-state index contributed by atoms with van der Waals surface area (Å²) in [6, 6.07) is 0.0486. The largest absolute Gasteiger partial charge is 0.444 e. The van der Waals surface area contributed by atoms with Gasteiger partial charge in [-0.3, -0.25) is 0 Å². The van der Waals surface area contributed by atoms with Crippen molar-refractivity contribution < 1.29 is 9.53 Å². The molecule has 1 aliphatic heterocycles. The van der Waals surface area contributed by atoms with Crippen molar-refractivity contribution in [2.75, 3.05) is 13.1 Å². The molecule has 0 bridgehead atoms. The second-order valence-electron chi connectivity index (χ2n) is 6.16. The first-order valence-corrected chi connectivity index (χ1v) is 6.43. The predicted molar refractivity (Wildman–Crippen MR) is 67.0 cm³/mol. The fraction of sp³-hybridized carbons (Fsp3) is 0.917. The summed E-state index contributed by atoms with van der Waals surface area (Å²) in [4.78, 5) is 16.6. The van der Waals surface area contributed by atoms with Gasteiger partial charge in [0.2, 0.25) is 0 Å². The van der Waals surface area contributed by atoms with Crippen LogP contribution in [0.15, 0.2) is 5.11 Å². The molecule has 1 amide bonds. The van der Waals surface area contributed by atoms with Gasteiger partial charge in [0, 0.05) is 24.0 Å². The summed E-state index contributed by atoms with van der Waals surface area (Å²) >= 11 is 0. The zero-order valence-electron chi connectivity index (χ0n) is 11.2. The fourth-order valence-corrected chi connectivity index (χ4v) is 2.92. The molecule has 0 aromatic heterocycles. The molecule has 2 fully saturated rings. The number of likely N-dealkylation sites (tertiary alicyclic amines) is 1. The minimum atomic E-state index is -0.459. The summed E-state index contributed by atoms with van der Waals surface area (Å²) in [7, 11) is 0. The van der Waals surface area contributed by atoms with Gasteiger partial charge in [0.15, 0.2) is 0 Å². The molecule has 0 radical (unpaired) electrons. The van der Waals surface area contributed by atoms with Crippen LogP contribution >= 0.6 is 0 Å². The lowest BCUT2D eigenvalue weighted by Gasteiger charge is -2.25. The summed E-state index contributed by atoms with van der Waals surface area (Å²) in [5.74, 6) is 0.779. The molecule has 0 aromatic carbocycles. The first-order chi connectivity index (χ1) is 8.40. The van der Waals surface area contributed by atoms with Gasteiger partial charge in [-0.15, -0.1) is 0 Å². The van der Waals surface area contributed by atoms with Gasteiger partial charge in [0.1, 0.15) is 5.60 Å². The number of amides is 1. The Hall–Kier alpha value is -1.42. The molecular formula is C12H20N4O2. The van der Waals surface area contributed by atoms with E-state index in [1.54, 1.807) is 4.90 Å². The lowest BCUT2D eigenvalue weighted by molar-refractivity contribution is 0.0279. The van der Waals surface area contributed by atoms with E-state index >= 15 is 0 Å². The van der Waals surface area contributed by atoms with Crippen LogP contribution in [0.3, 0.4) is 0 Å². The van der Waals surface area contributed by atoms with E-state index in [4.69, 9.17) is 10.3 Å². The molecule has 2 rings (SSSR count). The van der Waals surface area contributed by atoms with E-state index < -0.39 is 5.60 Å². The minimum absolute atomic E-state index is 0.0486. The van der Waals surface area contributed by atoms with Gasteiger partial charge in [0.05, 0.1) is 0 Å². The monoisotopic (exact) mass is 252 g/mol. The number of hydrogen-bond donors (Lipinski definition) is 0. The van der Waals surface area contributed by atoms with Crippen molar-refractivity contribution in [2.45, 2.75) is 45.3 Å². The van der Waals surface area contributed by atoms with Crippen LogP contribution in [0.1, 0.15) is 33.6 Å². The van der Waals surface area contributed by atoms with Crippen molar-refractivity contribution in [1.29, 1.82) is 0 Å². The molecule has 0 N–H and O–H groups in total. The Morgan fingerprint density at radius 2 is 2.11 bits per heavy atom. The van der Waals surface area contributed by atoms with Crippen molar-refractivity contribution in [2.24, 2.45) is 17.0 Å². The highest BCUT2D eigenvalue weighted by molar-refractivity contribution is 5.68. The second kappa shape index (κ2) is 4.69. The Kier molecular flexibility index (Phi) is 3.39. The normalized spacial score (nSPS) is 30.8. The van der Waals surface area contributed by atoms with Gasteiger partial charge in [-0.05, 0) is 51.0 Å². The molecule has 6 heteroatoms. The summed E-state index contributed by atoms with van der Waals surface area (Å²) in [5, 5.41) is 3.84. The molecule has 0 aromatic rings. The number of nitrogens with zero attached hydrogens (tertiary/aromatic N) is 4. The molecule has 2 aliphatic rings. The van der Waals surface area contributed by atoms with Gasteiger partial charge in [0.25, 0.3) is 0 Å². The smallest absolute Gasteiger partial charge is 0.410 e. The van der Waals surface area contributed by atoms with Crippen molar-refractivity contribution in [3.8, 4) is 0 Å². The quantitative estimate of drug-likeness (QED) is 0.408. The molecule has 0 spiro atoms. The number of azide groups is 1. The number of rotatable bonds is 1. The van der Waals surface area contributed by atoms with Gasteiger partial charge < -0.3 is 9.64 Å². The van der Waals surface area contributed by atoms with Crippen molar-refractivity contribution in [3.05, 3.63) is 10.4 Å². The van der Waals surface area contributed by atoms with E-state index in [0.717, 1.165) is 19.4 Å². The predicted octanol–water partition coefficient (Wildman–Crippen LogP) is 2.94. The summed E-state index contributed by atoms with van der Waals surface area (Å²) in [6.45, 7) is 6.99. The lowest BCUT2D eigenvalue weighted by Crippen LogP contribution is -2.36. The first kappa shape index (κ1) is 13.0. The Morgan fingerprint density at radius 1 is 1.39 bits per heavy atom. The Labute approximate surface area is 107 Å². The lowest BCUT2D eigenvalue weighted by atomic mass is 9.98.